The molecule has 0 atom stereocenters. The van der Waals surface area contributed by atoms with Crippen LogP contribution in [0.4, 0.5) is 0 Å². The van der Waals surface area contributed by atoms with Crippen molar-refractivity contribution in [2.75, 3.05) is 6.54 Å². The van der Waals surface area contributed by atoms with Crippen molar-refractivity contribution in [2.45, 2.75) is 13.3 Å². The Morgan fingerprint density at radius 1 is 0.800 bits per heavy atom. The van der Waals surface area contributed by atoms with Crippen molar-refractivity contribution in [3.05, 3.63) is 59.7 Å². The Morgan fingerprint density at radius 2 is 1.20 bits per heavy atom. The molecule has 2 aromatic carbocycles. The first-order valence-electron chi connectivity index (χ1n) is 6.62. The van der Waals surface area contributed by atoms with E-state index in [2.05, 4.69) is 0 Å². The van der Waals surface area contributed by atoms with Gasteiger partial charge in [0.2, 0.25) is 0 Å². The smallest absolute Gasteiger partial charge is 0.176 e. The lowest BCUT2D eigenvalue weighted by atomic mass is 10.00. The van der Waals surface area contributed by atoms with Crippen LogP contribution in [0.1, 0.15) is 34.1 Å². The summed E-state index contributed by atoms with van der Waals surface area (Å²) in [5.74, 6) is 0.0703. The first-order chi connectivity index (χ1) is 9.65. The monoisotopic (exact) mass is 267 g/mol. The van der Waals surface area contributed by atoms with Gasteiger partial charge in [0.25, 0.3) is 0 Å². The summed E-state index contributed by atoms with van der Waals surface area (Å²) in [5.41, 5.74) is 8.70. The SMILES string of the molecule is CCC(=O)c1ccc(-c2ccc(C(=O)CN)cc2)cc1. The van der Waals surface area contributed by atoms with Crippen molar-refractivity contribution >= 4 is 11.6 Å². The van der Waals surface area contributed by atoms with E-state index in [0.29, 0.717) is 12.0 Å². The normalized spacial score (nSPS) is 10.3. The molecular formula is C17H17NO2. The van der Waals surface area contributed by atoms with E-state index >= 15 is 0 Å². The predicted molar refractivity (Wildman–Crippen MR) is 79.9 cm³/mol. The van der Waals surface area contributed by atoms with Gasteiger partial charge in [-0.15, -0.1) is 0 Å². The number of carbonyl (C=O) groups is 2. The lowest BCUT2D eigenvalue weighted by Gasteiger charge is -2.05. The third-order valence-corrected chi connectivity index (χ3v) is 3.25. The predicted octanol–water partition coefficient (Wildman–Crippen LogP) is 3.09. The summed E-state index contributed by atoms with van der Waals surface area (Å²) in [7, 11) is 0. The van der Waals surface area contributed by atoms with Crippen molar-refractivity contribution in [1.82, 2.24) is 0 Å². The highest BCUT2D eigenvalue weighted by Gasteiger charge is 2.05. The maximum absolute atomic E-state index is 11.6. The van der Waals surface area contributed by atoms with Crippen LogP contribution in [-0.2, 0) is 0 Å². The van der Waals surface area contributed by atoms with Crippen molar-refractivity contribution in [3.8, 4) is 11.1 Å². The fraction of sp³-hybridized carbons (Fsp3) is 0.176. The Balaban J connectivity index is 2.23. The zero-order valence-corrected chi connectivity index (χ0v) is 11.4. The van der Waals surface area contributed by atoms with Crippen LogP contribution < -0.4 is 5.73 Å². The van der Waals surface area contributed by atoms with Gasteiger partial charge in [0.1, 0.15) is 0 Å². The van der Waals surface area contributed by atoms with Crippen LogP contribution in [0, 0.1) is 0 Å². The molecule has 20 heavy (non-hydrogen) atoms. The van der Waals surface area contributed by atoms with Crippen LogP contribution in [0.15, 0.2) is 48.5 Å². The molecule has 0 radical (unpaired) electrons. The molecule has 3 heteroatoms. The Morgan fingerprint density at radius 3 is 1.55 bits per heavy atom. The highest BCUT2D eigenvalue weighted by atomic mass is 16.1. The number of Topliss-reactive ketones (excluding diaryl/α,β-unsaturated/α-hetero) is 2. The number of benzene rings is 2. The molecule has 0 saturated heterocycles. The van der Waals surface area contributed by atoms with E-state index in [-0.39, 0.29) is 18.1 Å². The molecule has 0 aliphatic carbocycles. The van der Waals surface area contributed by atoms with Crippen molar-refractivity contribution in [1.29, 1.82) is 0 Å². The second-order valence-corrected chi connectivity index (χ2v) is 4.56. The molecule has 2 N–H and O–H groups in total. The third kappa shape index (κ3) is 3.00. The summed E-state index contributed by atoms with van der Waals surface area (Å²) in [6.07, 6.45) is 0.509. The molecule has 2 aromatic rings. The number of hydrogen-bond acceptors (Lipinski definition) is 3. The van der Waals surface area contributed by atoms with Gasteiger partial charge in [0.15, 0.2) is 11.6 Å². The molecule has 0 spiro atoms. The van der Waals surface area contributed by atoms with E-state index in [4.69, 9.17) is 5.73 Å². The Hall–Kier alpha value is -2.26. The van der Waals surface area contributed by atoms with Crippen LogP contribution in [0.5, 0.6) is 0 Å². The molecular weight excluding hydrogens is 250 g/mol. The summed E-state index contributed by atoms with van der Waals surface area (Å²) >= 11 is 0. The number of ketones is 2. The van der Waals surface area contributed by atoms with Gasteiger partial charge in [0.05, 0.1) is 6.54 Å². The van der Waals surface area contributed by atoms with Gasteiger partial charge < -0.3 is 5.73 Å². The van der Waals surface area contributed by atoms with E-state index in [0.717, 1.165) is 16.7 Å². The van der Waals surface area contributed by atoms with E-state index < -0.39 is 0 Å². The van der Waals surface area contributed by atoms with E-state index in [1.165, 1.54) is 0 Å². The molecule has 0 aliphatic rings. The largest absolute Gasteiger partial charge is 0.324 e. The maximum atomic E-state index is 11.6. The van der Waals surface area contributed by atoms with Crippen molar-refractivity contribution < 1.29 is 9.59 Å². The molecule has 0 saturated carbocycles. The summed E-state index contributed by atoms with van der Waals surface area (Å²) < 4.78 is 0. The highest BCUT2D eigenvalue weighted by molar-refractivity contribution is 5.98. The zero-order valence-electron chi connectivity index (χ0n) is 11.4. The summed E-state index contributed by atoms with van der Waals surface area (Å²) in [5, 5.41) is 0. The van der Waals surface area contributed by atoms with Gasteiger partial charge in [-0.1, -0.05) is 55.5 Å². The number of rotatable bonds is 5. The first kappa shape index (κ1) is 14.2. The lowest BCUT2D eigenvalue weighted by Crippen LogP contribution is -2.13. The van der Waals surface area contributed by atoms with Crippen LogP contribution in [-0.4, -0.2) is 18.1 Å². The summed E-state index contributed by atoms with van der Waals surface area (Å²) in [6, 6.07) is 14.8. The molecule has 0 heterocycles. The maximum Gasteiger partial charge on any atom is 0.176 e. The van der Waals surface area contributed by atoms with Crippen LogP contribution in [0.2, 0.25) is 0 Å². The van der Waals surface area contributed by atoms with Gasteiger partial charge in [-0.25, -0.2) is 0 Å². The molecule has 0 unspecified atom stereocenters. The molecule has 0 aromatic heterocycles. The zero-order chi connectivity index (χ0) is 14.5. The molecule has 0 aliphatic heterocycles. The molecule has 0 amide bonds. The summed E-state index contributed by atoms with van der Waals surface area (Å²) in [6.45, 7) is 1.87. The minimum absolute atomic E-state index is 0.0210. The lowest BCUT2D eigenvalue weighted by molar-refractivity contribution is 0.0984. The fourth-order valence-corrected chi connectivity index (χ4v) is 2.02. The van der Waals surface area contributed by atoms with Crippen LogP contribution >= 0.6 is 0 Å². The number of hydrogen-bond donors (Lipinski definition) is 1. The van der Waals surface area contributed by atoms with E-state index in [9.17, 15) is 9.59 Å². The topological polar surface area (TPSA) is 60.2 Å². The molecule has 102 valence electrons. The minimum Gasteiger partial charge on any atom is -0.324 e. The van der Waals surface area contributed by atoms with Gasteiger partial charge in [0, 0.05) is 17.5 Å². The van der Waals surface area contributed by atoms with Crippen molar-refractivity contribution in [2.24, 2.45) is 5.73 Å². The number of nitrogens with two attached hydrogens (primary N) is 1. The second-order valence-electron chi connectivity index (χ2n) is 4.56. The average Bonchev–Trinajstić information content (AvgIpc) is 2.53. The fourth-order valence-electron chi connectivity index (χ4n) is 2.02. The Kier molecular flexibility index (Phi) is 4.43. The third-order valence-electron chi connectivity index (χ3n) is 3.25. The standard InChI is InChI=1S/C17H17NO2/c1-2-16(19)14-7-3-12(4-8-14)13-5-9-15(10-6-13)17(20)11-18/h3-10H,2,11,18H2,1H3. The average molecular weight is 267 g/mol. The second kappa shape index (κ2) is 6.26. The molecule has 2 rings (SSSR count). The quantitative estimate of drug-likeness (QED) is 0.847. The molecule has 3 nitrogen and oxygen atoms in total. The van der Waals surface area contributed by atoms with Crippen LogP contribution in [0.25, 0.3) is 11.1 Å². The highest BCUT2D eigenvalue weighted by Crippen LogP contribution is 2.21. The summed E-state index contributed by atoms with van der Waals surface area (Å²) in [4.78, 5) is 23.0. The number of carbonyl (C=O) groups excluding carboxylic acids is 2. The van der Waals surface area contributed by atoms with Crippen molar-refractivity contribution in [3.63, 3.8) is 0 Å². The van der Waals surface area contributed by atoms with E-state index in [1.54, 1.807) is 12.1 Å². The minimum atomic E-state index is -0.0690. The van der Waals surface area contributed by atoms with Gasteiger partial charge in [-0.05, 0) is 11.1 Å². The Labute approximate surface area is 118 Å². The van der Waals surface area contributed by atoms with Gasteiger partial charge in [-0.3, -0.25) is 9.59 Å². The molecule has 0 fully saturated rings. The van der Waals surface area contributed by atoms with Gasteiger partial charge in [-0.2, -0.15) is 0 Å². The first-order valence-corrected chi connectivity index (χ1v) is 6.62. The van der Waals surface area contributed by atoms with E-state index in [1.807, 2.05) is 43.3 Å². The molecule has 0 bridgehead atoms. The Bertz CT molecular complexity index is 555. The van der Waals surface area contributed by atoms with Gasteiger partial charge >= 0.3 is 0 Å². The van der Waals surface area contributed by atoms with Crippen LogP contribution in [0.3, 0.4) is 0 Å².